The normalized spacial score (nSPS) is 10.6. The summed E-state index contributed by atoms with van der Waals surface area (Å²) in [5.41, 5.74) is -3.37. The second kappa shape index (κ2) is 4.01. The van der Waals surface area contributed by atoms with Crippen molar-refractivity contribution in [3.8, 4) is 0 Å². The third-order valence-corrected chi connectivity index (χ3v) is 2.59. The molecule has 0 aliphatic rings. The lowest BCUT2D eigenvalue weighted by molar-refractivity contribution is -0.422. The molecule has 19 heavy (non-hydrogen) atoms. The van der Waals surface area contributed by atoms with Crippen LogP contribution in [0.1, 0.15) is 0 Å². The Balaban J connectivity index is 3.02. The number of hydrogen-bond acceptors (Lipinski definition) is 6. The number of benzene rings is 1. The third kappa shape index (κ3) is 1.84. The molecular formula is C9H6N4O6. The van der Waals surface area contributed by atoms with Gasteiger partial charge >= 0.3 is 22.5 Å². The number of aryl methyl sites for hydroxylation is 1. The number of fused-ring (bicyclic) bond motifs is 1. The minimum atomic E-state index is -0.960. The van der Waals surface area contributed by atoms with Gasteiger partial charge in [-0.1, -0.05) is 0 Å². The summed E-state index contributed by atoms with van der Waals surface area (Å²) in [5, 5.41) is 21.5. The van der Waals surface area contributed by atoms with Gasteiger partial charge in [0.1, 0.15) is 0 Å². The van der Waals surface area contributed by atoms with E-state index in [1.165, 1.54) is 7.05 Å². The molecule has 0 atom stereocenters. The number of aromatic nitrogens is 2. The third-order valence-electron chi connectivity index (χ3n) is 2.59. The van der Waals surface area contributed by atoms with E-state index < -0.39 is 32.3 Å². The lowest BCUT2D eigenvalue weighted by atomic mass is 10.2. The van der Waals surface area contributed by atoms with Crippen LogP contribution in [0, 0.1) is 20.2 Å². The SMILES string of the molecule is Cn1c(=O)c(=O)[nH]c2cc([N+](=O)[O-])c([N+](=O)[O-])cc21. The van der Waals surface area contributed by atoms with Gasteiger partial charge in [0, 0.05) is 19.2 Å². The Kier molecular flexibility index (Phi) is 2.62. The summed E-state index contributed by atoms with van der Waals surface area (Å²) in [6.07, 6.45) is 0. The average Bonchev–Trinajstić information content (AvgIpc) is 2.34. The second-order valence-electron chi connectivity index (χ2n) is 3.69. The highest BCUT2D eigenvalue weighted by atomic mass is 16.6. The minimum absolute atomic E-state index is 0.0237. The van der Waals surface area contributed by atoms with E-state index in [4.69, 9.17) is 0 Å². The standard InChI is InChI=1S/C9H6N4O6/c1-11-5-3-7(13(18)19)6(12(16)17)2-4(5)10-8(14)9(11)15/h2-3H,1H3,(H,10,14). The number of aromatic amines is 1. The predicted molar refractivity (Wildman–Crippen MR) is 63.1 cm³/mol. The monoisotopic (exact) mass is 266 g/mol. The summed E-state index contributed by atoms with van der Waals surface area (Å²) in [4.78, 5) is 44.5. The Bertz CT molecular complexity index is 833. The van der Waals surface area contributed by atoms with Crippen LogP contribution in [0.25, 0.3) is 11.0 Å². The number of nitro groups is 2. The summed E-state index contributed by atoms with van der Waals surface area (Å²) in [7, 11) is 1.25. The van der Waals surface area contributed by atoms with E-state index in [1.54, 1.807) is 0 Å². The molecule has 0 spiro atoms. The molecule has 0 fully saturated rings. The Morgan fingerprint density at radius 2 is 1.63 bits per heavy atom. The molecule has 0 unspecified atom stereocenters. The van der Waals surface area contributed by atoms with Gasteiger partial charge in [0.15, 0.2) is 0 Å². The zero-order valence-corrected chi connectivity index (χ0v) is 9.45. The number of nitrogens with zero attached hydrogens (tertiary/aromatic N) is 3. The molecule has 1 N–H and O–H groups in total. The van der Waals surface area contributed by atoms with E-state index in [2.05, 4.69) is 4.98 Å². The van der Waals surface area contributed by atoms with Crippen molar-refractivity contribution in [1.82, 2.24) is 9.55 Å². The van der Waals surface area contributed by atoms with Crippen LogP contribution in [-0.2, 0) is 7.05 Å². The summed E-state index contributed by atoms with van der Waals surface area (Å²) in [6.45, 7) is 0. The molecule has 0 saturated carbocycles. The molecule has 1 aromatic heterocycles. The summed E-state index contributed by atoms with van der Waals surface area (Å²) >= 11 is 0. The van der Waals surface area contributed by atoms with Crippen molar-refractivity contribution in [3.63, 3.8) is 0 Å². The molecule has 0 aliphatic heterocycles. The molecule has 10 heteroatoms. The number of H-pyrrole nitrogens is 1. The highest BCUT2D eigenvalue weighted by molar-refractivity contribution is 5.82. The molecule has 0 bridgehead atoms. The molecule has 98 valence electrons. The largest absolute Gasteiger partial charge is 0.348 e. The lowest BCUT2D eigenvalue weighted by Crippen LogP contribution is -2.34. The van der Waals surface area contributed by atoms with Crippen LogP contribution < -0.4 is 11.1 Å². The van der Waals surface area contributed by atoms with Gasteiger partial charge in [0.25, 0.3) is 0 Å². The van der Waals surface area contributed by atoms with Gasteiger partial charge in [-0.2, -0.15) is 0 Å². The van der Waals surface area contributed by atoms with Gasteiger partial charge in [-0.15, -0.1) is 0 Å². The maximum atomic E-state index is 11.4. The van der Waals surface area contributed by atoms with Crippen LogP contribution in [0.3, 0.4) is 0 Å². The fourth-order valence-corrected chi connectivity index (χ4v) is 1.67. The van der Waals surface area contributed by atoms with E-state index in [0.29, 0.717) is 0 Å². The Morgan fingerprint density at radius 3 is 2.16 bits per heavy atom. The number of hydrogen-bond donors (Lipinski definition) is 1. The first kappa shape index (κ1) is 12.4. The molecule has 1 heterocycles. The Hall–Kier alpha value is -3.04. The molecule has 2 rings (SSSR count). The molecule has 10 nitrogen and oxygen atoms in total. The lowest BCUT2D eigenvalue weighted by Gasteiger charge is -2.03. The Labute approximate surface area is 103 Å². The zero-order chi connectivity index (χ0) is 14.3. The van der Waals surface area contributed by atoms with E-state index in [-0.39, 0.29) is 11.0 Å². The minimum Gasteiger partial charge on any atom is -0.316 e. The fourth-order valence-electron chi connectivity index (χ4n) is 1.67. The van der Waals surface area contributed by atoms with Gasteiger partial charge in [-0.25, -0.2) is 0 Å². The predicted octanol–water partition coefficient (Wildman–Crippen LogP) is 0.0432. The molecule has 2 aromatic rings. The summed E-state index contributed by atoms with van der Waals surface area (Å²) in [6, 6.07) is 1.74. The van der Waals surface area contributed by atoms with Gasteiger partial charge in [-0.05, 0) is 0 Å². The van der Waals surface area contributed by atoms with Crippen molar-refractivity contribution in [2.45, 2.75) is 0 Å². The number of rotatable bonds is 2. The van der Waals surface area contributed by atoms with Crippen LogP contribution in [0.15, 0.2) is 21.7 Å². The molecular weight excluding hydrogens is 260 g/mol. The van der Waals surface area contributed by atoms with Crippen LogP contribution >= 0.6 is 0 Å². The van der Waals surface area contributed by atoms with Crippen LogP contribution in [0.2, 0.25) is 0 Å². The van der Waals surface area contributed by atoms with Gasteiger partial charge in [0.2, 0.25) is 0 Å². The molecule has 0 radical (unpaired) electrons. The second-order valence-corrected chi connectivity index (χ2v) is 3.69. The van der Waals surface area contributed by atoms with Crippen molar-refractivity contribution in [3.05, 3.63) is 53.1 Å². The summed E-state index contributed by atoms with van der Waals surface area (Å²) < 4.78 is 0.894. The van der Waals surface area contributed by atoms with Crippen LogP contribution in [0.5, 0.6) is 0 Å². The average molecular weight is 266 g/mol. The molecule has 1 aromatic carbocycles. The van der Waals surface area contributed by atoms with Gasteiger partial charge in [-0.3, -0.25) is 29.8 Å². The molecule has 0 aliphatic carbocycles. The van der Waals surface area contributed by atoms with Crippen molar-refractivity contribution < 1.29 is 9.85 Å². The van der Waals surface area contributed by atoms with E-state index in [0.717, 1.165) is 16.7 Å². The van der Waals surface area contributed by atoms with Gasteiger partial charge in [0.05, 0.1) is 20.9 Å². The first-order valence-electron chi connectivity index (χ1n) is 4.88. The van der Waals surface area contributed by atoms with E-state index in [1.807, 2.05) is 0 Å². The quantitative estimate of drug-likeness (QED) is 0.462. The molecule has 0 saturated heterocycles. The number of nitro benzene ring substituents is 2. The summed E-state index contributed by atoms with van der Waals surface area (Å²) in [5.74, 6) is 0. The molecule has 0 amide bonds. The van der Waals surface area contributed by atoms with Gasteiger partial charge < -0.3 is 9.55 Å². The van der Waals surface area contributed by atoms with Crippen molar-refractivity contribution in [1.29, 1.82) is 0 Å². The first-order chi connectivity index (χ1) is 8.82. The topological polar surface area (TPSA) is 141 Å². The highest BCUT2D eigenvalue weighted by Crippen LogP contribution is 2.29. The van der Waals surface area contributed by atoms with Crippen molar-refractivity contribution >= 4 is 22.4 Å². The van der Waals surface area contributed by atoms with Crippen LogP contribution in [-0.4, -0.2) is 19.4 Å². The zero-order valence-electron chi connectivity index (χ0n) is 9.45. The van der Waals surface area contributed by atoms with E-state index in [9.17, 15) is 29.8 Å². The maximum absolute atomic E-state index is 11.4. The van der Waals surface area contributed by atoms with Crippen molar-refractivity contribution in [2.75, 3.05) is 0 Å². The first-order valence-corrected chi connectivity index (χ1v) is 4.88. The smallest absolute Gasteiger partial charge is 0.316 e. The maximum Gasteiger partial charge on any atom is 0.348 e. The Morgan fingerprint density at radius 1 is 1.11 bits per heavy atom. The highest BCUT2D eigenvalue weighted by Gasteiger charge is 2.26. The fraction of sp³-hybridized carbons (Fsp3) is 0.111. The van der Waals surface area contributed by atoms with Crippen LogP contribution in [0.4, 0.5) is 11.4 Å². The van der Waals surface area contributed by atoms with E-state index >= 15 is 0 Å². The van der Waals surface area contributed by atoms with Crippen molar-refractivity contribution in [2.24, 2.45) is 7.05 Å². The number of nitrogens with one attached hydrogen (secondary N) is 1.